The fourth-order valence-electron chi connectivity index (χ4n) is 1.42. The van der Waals surface area contributed by atoms with Gasteiger partial charge in [-0.1, -0.05) is 11.6 Å². The number of benzene rings is 1. The van der Waals surface area contributed by atoms with Gasteiger partial charge in [-0.2, -0.15) is 0 Å². The Morgan fingerprint density at radius 2 is 2.17 bits per heavy atom. The molecule has 0 bridgehead atoms. The second-order valence-corrected chi connectivity index (χ2v) is 4.98. The lowest BCUT2D eigenvalue weighted by Gasteiger charge is -2.20. The minimum Gasteiger partial charge on any atom is -0.399 e. The minimum absolute atomic E-state index is 0.190. The van der Waals surface area contributed by atoms with Gasteiger partial charge in [0.05, 0.1) is 10.6 Å². The molecule has 0 aliphatic carbocycles. The lowest BCUT2D eigenvalue weighted by atomic mass is 10.2. The number of likely N-dealkylation sites (N-methyl/N-ethyl adjacent to an activating group) is 1. The third kappa shape index (κ3) is 4.20. The van der Waals surface area contributed by atoms with Crippen LogP contribution in [0.4, 0.5) is 5.69 Å². The highest BCUT2D eigenvalue weighted by atomic mass is 35.5. The Hall–Kier alpha value is -1.26. The molecule has 0 atom stereocenters. The molecule has 4 nitrogen and oxygen atoms in total. The van der Waals surface area contributed by atoms with Crippen LogP contribution >= 0.6 is 11.6 Å². The van der Waals surface area contributed by atoms with E-state index < -0.39 is 0 Å². The Kier molecular flexibility index (Phi) is 5.44. The molecule has 0 radical (unpaired) electrons. The van der Waals surface area contributed by atoms with Crippen molar-refractivity contribution in [2.45, 2.75) is 19.9 Å². The summed E-state index contributed by atoms with van der Waals surface area (Å²) in [5.41, 5.74) is 6.59. The molecule has 3 N–H and O–H groups in total. The van der Waals surface area contributed by atoms with E-state index in [9.17, 15) is 4.79 Å². The second kappa shape index (κ2) is 6.61. The summed E-state index contributed by atoms with van der Waals surface area (Å²) in [7, 11) is 2.02. The van der Waals surface area contributed by atoms with E-state index in [2.05, 4.69) is 24.1 Å². The van der Waals surface area contributed by atoms with Crippen molar-refractivity contribution in [2.75, 3.05) is 25.9 Å². The van der Waals surface area contributed by atoms with Crippen LogP contribution in [0.2, 0.25) is 5.02 Å². The average Bonchev–Trinajstić information content (AvgIpc) is 2.31. The van der Waals surface area contributed by atoms with Crippen LogP contribution in [-0.2, 0) is 0 Å². The van der Waals surface area contributed by atoms with Gasteiger partial charge in [0.25, 0.3) is 5.91 Å². The quantitative estimate of drug-likeness (QED) is 0.804. The van der Waals surface area contributed by atoms with Gasteiger partial charge in [-0.15, -0.1) is 0 Å². The Bertz CT molecular complexity index is 421. The maximum Gasteiger partial charge on any atom is 0.252 e. The first-order chi connectivity index (χ1) is 8.41. The number of nitrogens with one attached hydrogen (secondary N) is 1. The third-order valence-corrected chi connectivity index (χ3v) is 3.20. The summed E-state index contributed by atoms with van der Waals surface area (Å²) < 4.78 is 0. The zero-order chi connectivity index (χ0) is 13.7. The molecule has 0 fully saturated rings. The number of nitrogens with two attached hydrogens (primary N) is 1. The monoisotopic (exact) mass is 269 g/mol. The van der Waals surface area contributed by atoms with Crippen LogP contribution in [0.1, 0.15) is 24.2 Å². The van der Waals surface area contributed by atoms with E-state index in [-0.39, 0.29) is 5.91 Å². The maximum atomic E-state index is 11.9. The average molecular weight is 270 g/mol. The first-order valence-corrected chi connectivity index (χ1v) is 6.33. The van der Waals surface area contributed by atoms with Crippen molar-refractivity contribution in [3.63, 3.8) is 0 Å². The fourth-order valence-corrected chi connectivity index (χ4v) is 1.62. The molecule has 0 saturated carbocycles. The molecule has 0 saturated heterocycles. The number of hydrogen-bond donors (Lipinski definition) is 2. The van der Waals surface area contributed by atoms with Crippen molar-refractivity contribution >= 4 is 23.2 Å². The highest BCUT2D eigenvalue weighted by Gasteiger charge is 2.10. The summed E-state index contributed by atoms with van der Waals surface area (Å²) in [6.45, 7) is 5.59. The summed E-state index contributed by atoms with van der Waals surface area (Å²) in [6.07, 6.45) is 0. The molecule has 0 aliphatic rings. The lowest BCUT2D eigenvalue weighted by Crippen LogP contribution is -2.36. The van der Waals surface area contributed by atoms with E-state index >= 15 is 0 Å². The van der Waals surface area contributed by atoms with Crippen molar-refractivity contribution in [3.05, 3.63) is 28.8 Å². The smallest absolute Gasteiger partial charge is 0.252 e. The van der Waals surface area contributed by atoms with Gasteiger partial charge < -0.3 is 16.0 Å². The number of nitrogen functional groups attached to an aromatic ring is 1. The molecule has 0 spiro atoms. The molecule has 0 aromatic heterocycles. The first-order valence-electron chi connectivity index (χ1n) is 5.95. The van der Waals surface area contributed by atoms with Gasteiger partial charge >= 0.3 is 0 Å². The number of halogens is 1. The molecule has 0 heterocycles. The molecular weight excluding hydrogens is 250 g/mol. The molecule has 0 aliphatic heterocycles. The summed E-state index contributed by atoms with van der Waals surface area (Å²) in [5, 5.41) is 3.25. The lowest BCUT2D eigenvalue weighted by molar-refractivity contribution is 0.0948. The molecular formula is C13H20ClN3O. The zero-order valence-electron chi connectivity index (χ0n) is 11.0. The van der Waals surface area contributed by atoms with Crippen LogP contribution in [0, 0.1) is 0 Å². The summed E-state index contributed by atoms with van der Waals surface area (Å²) in [4.78, 5) is 14.1. The van der Waals surface area contributed by atoms with Gasteiger partial charge in [0.1, 0.15) is 0 Å². The van der Waals surface area contributed by atoms with Crippen molar-refractivity contribution < 1.29 is 4.79 Å². The third-order valence-electron chi connectivity index (χ3n) is 2.87. The van der Waals surface area contributed by atoms with E-state index in [1.54, 1.807) is 18.2 Å². The predicted molar refractivity (Wildman–Crippen MR) is 76.0 cm³/mol. The fraction of sp³-hybridized carbons (Fsp3) is 0.462. The van der Waals surface area contributed by atoms with Gasteiger partial charge in [-0.25, -0.2) is 0 Å². The van der Waals surface area contributed by atoms with E-state index in [0.29, 0.717) is 28.9 Å². The topological polar surface area (TPSA) is 58.4 Å². The molecule has 0 unspecified atom stereocenters. The van der Waals surface area contributed by atoms with Crippen LogP contribution in [0.3, 0.4) is 0 Å². The van der Waals surface area contributed by atoms with Crippen molar-refractivity contribution in [1.29, 1.82) is 0 Å². The van der Waals surface area contributed by atoms with Gasteiger partial charge in [-0.05, 0) is 39.1 Å². The highest BCUT2D eigenvalue weighted by Crippen LogP contribution is 2.18. The number of amides is 1. The van der Waals surface area contributed by atoms with Gasteiger partial charge in [0.2, 0.25) is 0 Å². The van der Waals surface area contributed by atoms with Crippen molar-refractivity contribution in [1.82, 2.24) is 10.2 Å². The number of nitrogens with zero attached hydrogens (tertiary/aromatic N) is 1. The molecule has 18 heavy (non-hydrogen) atoms. The summed E-state index contributed by atoms with van der Waals surface area (Å²) in [5.74, 6) is -0.190. The Balaban J connectivity index is 2.53. The Morgan fingerprint density at radius 1 is 1.50 bits per heavy atom. The number of carbonyl (C=O) groups excluding carboxylic acids is 1. The largest absolute Gasteiger partial charge is 0.399 e. The van der Waals surface area contributed by atoms with Crippen molar-refractivity contribution in [3.8, 4) is 0 Å². The van der Waals surface area contributed by atoms with Crippen LogP contribution in [-0.4, -0.2) is 37.0 Å². The Morgan fingerprint density at radius 3 is 2.78 bits per heavy atom. The van der Waals surface area contributed by atoms with Crippen LogP contribution in [0.5, 0.6) is 0 Å². The molecule has 1 rings (SSSR count). The van der Waals surface area contributed by atoms with Crippen molar-refractivity contribution in [2.24, 2.45) is 0 Å². The predicted octanol–water partition coefficient (Wildman–Crippen LogP) is 1.99. The highest BCUT2D eigenvalue weighted by molar-refractivity contribution is 6.34. The first kappa shape index (κ1) is 14.8. The van der Waals surface area contributed by atoms with Gasteiger partial charge in [-0.3, -0.25) is 4.79 Å². The normalized spacial score (nSPS) is 11.0. The Labute approximate surface area is 113 Å². The molecule has 1 aromatic carbocycles. The standard InChI is InChI=1S/C13H20ClN3O/c1-9(2)17(3)7-6-16-13(18)11-8-10(15)4-5-12(11)14/h4-5,8-9H,6-7,15H2,1-3H3,(H,16,18). The van der Waals surface area contributed by atoms with Crippen LogP contribution in [0.25, 0.3) is 0 Å². The number of anilines is 1. The molecule has 5 heteroatoms. The number of hydrogen-bond acceptors (Lipinski definition) is 3. The number of carbonyl (C=O) groups is 1. The van der Waals surface area contributed by atoms with Gasteiger partial charge in [0, 0.05) is 24.8 Å². The van der Waals surface area contributed by atoms with E-state index in [1.165, 1.54) is 0 Å². The van der Waals surface area contributed by atoms with E-state index in [4.69, 9.17) is 17.3 Å². The zero-order valence-corrected chi connectivity index (χ0v) is 11.8. The van der Waals surface area contributed by atoms with Gasteiger partial charge in [0.15, 0.2) is 0 Å². The van der Waals surface area contributed by atoms with Crippen LogP contribution < -0.4 is 11.1 Å². The molecule has 1 aromatic rings. The molecule has 100 valence electrons. The second-order valence-electron chi connectivity index (χ2n) is 4.57. The van der Waals surface area contributed by atoms with E-state index in [1.807, 2.05) is 7.05 Å². The summed E-state index contributed by atoms with van der Waals surface area (Å²) >= 11 is 5.96. The van der Waals surface area contributed by atoms with E-state index in [0.717, 1.165) is 6.54 Å². The summed E-state index contributed by atoms with van der Waals surface area (Å²) in [6, 6.07) is 5.35. The maximum absolute atomic E-state index is 11.9. The van der Waals surface area contributed by atoms with Crippen LogP contribution in [0.15, 0.2) is 18.2 Å². The molecule has 1 amide bonds. The SMILES string of the molecule is CC(C)N(C)CCNC(=O)c1cc(N)ccc1Cl. The minimum atomic E-state index is -0.190. The number of rotatable bonds is 5.